The number of nitrogens with zero attached hydrogens (tertiary/aromatic N) is 2. The van der Waals surface area contributed by atoms with Crippen LogP contribution in [0.2, 0.25) is 0 Å². The Morgan fingerprint density at radius 1 is 0.857 bits per heavy atom. The van der Waals surface area contributed by atoms with Crippen LogP contribution in [0.3, 0.4) is 0 Å². The number of hydrogen-bond donors (Lipinski definition) is 0. The van der Waals surface area contributed by atoms with Crippen molar-refractivity contribution in [1.82, 2.24) is 0 Å². The molecule has 3 aliphatic rings. The van der Waals surface area contributed by atoms with E-state index in [1.165, 1.54) is 13.1 Å². The highest BCUT2D eigenvalue weighted by atomic mass is 16.6. The van der Waals surface area contributed by atoms with Crippen LogP contribution in [0.1, 0.15) is 24.8 Å². The largest absolute Gasteiger partial charge is 0.493 e. The minimum Gasteiger partial charge on any atom is -0.493 e. The third-order valence-electron chi connectivity index (χ3n) is 7.55. The maximum absolute atomic E-state index is 13.5. The van der Waals surface area contributed by atoms with Crippen LogP contribution in [-0.2, 0) is 11.3 Å². The first-order valence-electron chi connectivity index (χ1n) is 12.8. The molecule has 5 nitrogen and oxygen atoms in total. The third kappa shape index (κ3) is 5.85. The molecule has 0 aliphatic carbocycles. The van der Waals surface area contributed by atoms with Crippen LogP contribution in [0.15, 0.2) is 91.0 Å². The van der Waals surface area contributed by atoms with Gasteiger partial charge >= 0.3 is 6.09 Å². The van der Waals surface area contributed by atoms with Gasteiger partial charge in [0.1, 0.15) is 12.3 Å². The monoisotopic (exact) mass is 471 g/mol. The molecule has 6 rings (SSSR count). The van der Waals surface area contributed by atoms with Gasteiger partial charge in [0.2, 0.25) is 0 Å². The lowest BCUT2D eigenvalue weighted by Crippen LogP contribution is -2.65. The highest BCUT2D eigenvalue weighted by molar-refractivity contribution is 5.87. The van der Waals surface area contributed by atoms with Crippen molar-refractivity contribution < 1.29 is 18.8 Å². The van der Waals surface area contributed by atoms with Gasteiger partial charge < -0.3 is 14.0 Å². The number of quaternary nitrogens is 1. The minimum absolute atomic E-state index is 0.0259. The molecular formula is C30H35N2O3+. The molecule has 0 aromatic heterocycles. The van der Waals surface area contributed by atoms with E-state index in [4.69, 9.17) is 9.47 Å². The molecule has 0 N–H and O–H groups in total. The van der Waals surface area contributed by atoms with E-state index in [1.807, 2.05) is 78.9 Å². The summed E-state index contributed by atoms with van der Waals surface area (Å²) >= 11 is 0. The molecule has 35 heavy (non-hydrogen) atoms. The fourth-order valence-electron chi connectivity index (χ4n) is 5.60. The molecule has 3 heterocycles. The summed E-state index contributed by atoms with van der Waals surface area (Å²) in [6.45, 7) is 5.55. The lowest BCUT2D eigenvalue weighted by Gasteiger charge is -2.52. The normalized spacial score (nSPS) is 23.0. The molecule has 0 unspecified atom stereocenters. The van der Waals surface area contributed by atoms with E-state index < -0.39 is 0 Å². The standard InChI is InChI=1S/C30H35N2O3/c33-30(31(27-13-6-2-7-14-27)23-25-11-4-1-5-12-25)35-29-24-32(20-17-26(29)18-21-32)19-10-22-34-28-15-8-3-9-16-28/h1-9,11-16,26,29H,10,17-24H2/q+1/t26?,29-,32?/m0/s1. The second-order valence-corrected chi connectivity index (χ2v) is 9.88. The predicted molar refractivity (Wildman–Crippen MR) is 138 cm³/mol. The Hall–Kier alpha value is -3.31. The first kappa shape index (κ1) is 23.4. The van der Waals surface area contributed by atoms with Crippen LogP contribution >= 0.6 is 0 Å². The molecule has 1 amide bonds. The summed E-state index contributed by atoms with van der Waals surface area (Å²) in [6, 6.07) is 30.0. The number of fused-ring (bicyclic) bond motifs is 3. The highest BCUT2D eigenvalue weighted by Crippen LogP contribution is 2.36. The zero-order valence-electron chi connectivity index (χ0n) is 20.3. The van der Waals surface area contributed by atoms with Gasteiger partial charge in [-0.1, -0.05) is 66.7 Å². The number of carbonyl (C=O) groups excluding carboxylic acids is 1. The summed E-state index contributed by atoms with van der Waals surface area (Å²) in [5.74, 6) is 1.39. The smallest absolute Gasteiger partial charge is 0.415 e. The molecule has 3 aromatic carbocycles. The number of carbonyl (C=O) groups is 1. The summed E-state index contributed by atoms with van der Waals surface area (Å²) in [5.41, 5.74) is 1.95. The Kier molecular flexibility index (Phi) is 7.34. The maximum atomic E-state index is 13.5. The van der Waals surface area contributed by atoms with Crippen molar-refractivity contribution in [2.45, 2.75) is 31.9 Å². The summed E-state index contributed by atoms with van der Waals surface area (Å²) in [6.07, 6.45) is 2.99. The van der Waals surface area contributed by atoms with Gasteiger partial charge in [-0.05, 0) is 29.8 Å². The number of para-hydroxylation sites is 2. The zero-order valence-corrected chi connectivity index (χ0v) is 20.3. The predicted octanol–water partition coefficient (Wildman–Crippen LogP) is 5.91. The minimum atomic E-state index is -0.246. The van der Waals surface area contributed by atoms with Crippen molar-refractivity contribution in [3.63, 3.8) is 0 Å². The molecular weight excluding hydrogens is 436 g/mol. The number of amides is 1. The maximum Gasteiger partial charge on any atom is 0.415 e. The van der Waals surface area contributed by atoms with Crippen LogP contribution in [0.5, 0.6) is 5.75 Å². The van der Waals surface area contributed by atoms with Gasteiger partial charge in [-0.15, -0.1) is 0 Å². The van der Waals surface area contributed by atoms with Crippen molar-refractivity contribution in [2.24, 2.45) is 5.92 Å². The number of piperidine rings is 3. The second kappa shape index (κ2) is 11.0. The third-order valence-corrected chi connectivity index (χ3v) is 7.55. The molecule has 0 saturated carbocycles. The summed E-state index contributed by atoms with van der Waals surface area (Å²) < 4.78 is 13.2. The van der Waals surface area contributed by atoms with Crippen molar-refractivity contribution in [3.8, 4) is 5.75 Å². The fourth-order valence-corrected chi connectivity index (χ4v) is 5.60. The molecule has 0 radical (unpaired) electrons. The average molecular weight is 472 g/mol. The van der Waals surface area contributed by atoms with E-state index in [-0.39, 0.29) is 12.2 Å². The summed E-state index contributed by atoms with van der Waals surface area (Å²) in [7, 11) is 0. The Labute approximate surface area is 208 Å². The van der Waals surface area contributed by atoms with E-state index >= 15 is 0 Å². The average Bonchev–Trinajstić information content (AvgIpc) is 2.92. The number of rotatable bonds is 9. The number of benzene rings is 3. The number of anilines is 1. The number of ether oxygens (including phenoxy) is 2. The molecule has 182 valence electrons. The molecule has 3 aliphatic heterocycles. The lowest BCUT2D eigenvalue weighted by atomic mass is 9.83. The van der Waals surface area contributed by atoms with Gasteiger partial charge in [0.15, 0.2) is 6.10 Å². The summed E-state index contributed by atoms with van der Waals surface area (Å²) in [4.78, 5) is 15.3. The number of hydrogen-bond acceptors (Lipinski definition) is 3. The van der Waals surface area contributed by atoms with Crippen molar-refractivity contribution in [2.75, 3.05) is 37.7 Å². The van der Waals surface area contributed by atoms with E-state index in [2.05, 4.69) is 12.1 Å². The van der Waals surface area contributed by atoms with E-state index in [0.717, 1.165) is 60.4 Å². The first-order chi connectivity index (χ1) is 17.2. The SMILES string of the molecule is O=C(O[C@H]1C[N+]2(CCCOc3ccccc3)CCC1CC2)N(Cc1ccccc1)c1ccccc1. The van der Waals surface area contributed by atoms with E-state index in [1.54, 1.807) is 4.90 Å². The Balaban J connectivity index is 1.21. The van der Waals surface area contributed by atoms with Crippen molar-refractivity contribution >= 4 is 11.8 Å². The molecule has 3 fully saturated rings. The van der Waals surface area contributed by atoms with Crippen LogP contribution in [0.25, 0.3) is 0 Å². The molecule has 3 aromatic rings. The Morgan fingerprint density at radius 2 is 1.49 bits per heavy atom. The van der Waals surface area contributed by atoms with Crippen LogP contribution < -0.4 is 9.64 Å². The molecule has 3 saturated heterocycles. The summed E-state index contributed by atoms with van der Waals surface area (Å²) in [5, 5.41) is 0. The molecule has 5 heteroatoms. The highest BCUT2D eigenvalue weighted by Gasteiger charge is 2.47. The van der Waals surface area contributed by atoms with Gasteiger partial charge in [-0.2, -0.15) is 0 Å². The molecule has 0 spiro atoms. The fraction of sp³-hybridized carbons (Fsp3) is 0.367. The van der Waals surface area contributed by atoms with Crippen LogP contribution in [0.4, 0.5) is 10.5 Å². The van der Waals surface area contributed by atoms with Gasteiger partial charge in [-0.3, -0.25) is 4.90 Å². The van der Waals surface area contributed by atoms with E-state index in [0.29, 0.717) is 12.5 Å². The molecule has 2 bridgehead atoms. The second-order valence-electron chi connectivity index (χ2n) is 9.88. The van der Waals surface area contributed by atoms with Gasteiger partial charge in [0, 0.05) is 30.9 Å². The van der Waals surface area contributed by atoms with E-state index in [9.17, 15) is 4.79 Å². The Bertz CT molecular complexity index is 1070. The lowest BCUT2D eigenvalue weighted by molar-refractivity contribution is -0.946. The van der Waals surface area contributed by atoms with Crippen molar-refractivity contribution in [3.05, 3.63) is 96.6 Å². The van der Waals surface area contributed by atoms with Gasteiger partial charge in [0.05, 0.1) is 32.8 Å². The Morgan fingerprint density at radius 3 is 2.17 bits per heavy atom. The van der Waals surface area contributed by atoms with Gasteiger partial charge in [0.25, 0.3) is 0 Å². The van der Waals surface area contributed by atoms with Crippen molar-refractivity contribution in [1.29, 1.82) is 0 Å². The first-order valence-corrected chi connectivity index (χ1v) is 12.8. The van der Waals surface area contributed by atoms with Crippen LogP contribution in [0, 0.1) is 5.92 Å². The molecule has 1 atom stereocenters. The van der Waals surface area contributed by atoms with Gasteiger partial charge in [-0.25, -0.2) is 4.79 Å². The topological polar surface area (TPSA) is 38.8 Å². The van der Waals surface area contributed by atoms with Crippen LogP contribution in [-0.4, -0.2) is 49.5 Å². The zero-order chi connectivity index (χ0) is 23.9. The quantitative estimate of drug-likeness (QED) is 0.288.